The zero-order chi connectivity index (χ0) is 14.9. The zero-order valence-corrected chi connectivity index (χ0v) is 10.2. The van der Waals surface area contributed by atoms with Crippen molar-refractivity contribution in [1.29, 1.82) is 0 Å². The van der Waals surface area contributed by atoms with Crippen LogP contribution in [0.25, 0.3) is 11.3 Å². The maximum atomic E-state index is 12.4. The third kappa shape index (κ3) is 2.90. The number of nitrogens with zero attached hydrogens (tertiary/aromatic N) is 2. The summed E-state index contributed by atoms with van der Waals surface area (Å²) in [4.78, 5) is 10.9. The van der Waals surface area contributed by atoms with Gasteiger partial charge >= 0.3 is 12.3 Å². The number of benzene rings is 1. The molecule has 20 heavy (non-hydrogen) atoms. The van der Waals surface area contributed by atoms with Gasteiger partial charge in [-0.05, 0) is 24.3 Å². The molecule has 0 aliphatic heterocycles. The number of aromatic carboxylic acids is 1. The average Bonchev–Trinajstić information content (AvgIpc) is 2.73. The van der Waals surface area contributed by atoms with Gasteiger partial charge in [-0.3, -0.25) is 4.68 Å². The van der Waals surface area contributed by atoms with Gasteiger partial charge in [0.05, 0.1) is 11.3 Å². The highest BCUT2D eigenvalue weighted by Gasteiger charge is 2.32. The SMILES string of the molecule is Cn1nccc1-c1cc(C(=O)O)ccc1OC(F)(F)F. The van der Waals surface area contributed by atoms with Crippen LogP contribution < -0.4 is 4.74 Å². The summed E-state index contributed by atoms with van der Waals surface area (Å²) in [5.41, 5.74) is 0.172. The van der Waals surface area contributed by atoms with Crippen LogP contribution >= 0.6 is 0 Å². The first kappa shape index (κ1) is 13.9. The van der Waals surface area contributed by atoms with Crippen LogP contribution in [0, 0.1) is 0 Å². The van der Waals surface area contributed by atoms with Crippen molar-refractivity contribution >= 4 is 5.97 Å². The standard InChI is InChI=1S/C12H9F3N2O3/c1-17-9(4-5-16-17)8-6-7(11(18)19)2-3-10(8)20-12(13,14)15/h2-6H,1H3,(H,18,19). The van der Waals surface area contributed by atoms with E-state index in [0.29, 0.717) is 5.69 Å². The number of hydrogen-bond acceptors (Lipinski definition) is 3. The molecule has 1 N–H and O–H groups in total. The Kier molecular flexibility index (Phi) is 3.39. The molecule has 0 fully saturated rings. The second-order valence-corrected chi connectivity index (χ2v) is 3.90. The second kappa shape index (κ2) is 4.87. The molecule has 2 aromatic rings. The van der Waals surface area contributed by atoms with Gasteiger partial charge in [-0.25, -0.2) is 4.79 Å². The molecule has 0 unspecified atom stereocenters. The molecule has 0 bridgehead atoms. The van der Waals surface area contributed by atoms with Gasteiger partial charge in [0.1, 0.15) is 5.75 Å². The minimum absolute atomic E-state index is 0.00206. The number of carboxylic acids is 1. The molecule has 5 nitrogen and oxygen atoms in total. The summed E-state index contributed by atoms with van der Waals surface area (Å²) in [6, 6.07) is 4.59. The molecule has 106 valence electrons. The molecular weight excluding hydrogens is 277 g/mol. The van der Waals surface area contributed by atoms with Crippen molar-refractivity contribution in [2.24, 2.45) is 7.05 Å². The third-order valence-electron chi connectivity index (χ3n) is 2.55. The molecule has 0 amide bonds. The van der Waals surface area contributed by atoms with Crippen LogP contribution in [0.3, 0.4) is 0 Å². The van der Waals surface area contributed by atoms with Gasteiger partial charge in [0.25, 0.3) is 0 Å². The number of carboxylic acid groups (broad SMARTS) is 1. The molecule has 0 atom stereocenters. The summed E-state index contributed by atoms with van der Waals surface area (Å²) in [5.74, 6) is -1.72. The van der Waals surface area contributed by atoms with Gasteiger partial charge in [-0.1, -0.05) is 0 Å². The predicted molar refractivity (Wildman–Crippen MR) is 62.3 cm³/mol. The number of halogens is 3. The lowest BCUT2D eigenvalue weighted by atomic mass is 10.1. The number of aryl methyl sites for hydroxylation is 1. The Hall–Kier alpha value is -2.51. The van der Waals surface area contributed by atoms with Crippen molar-refractivity contribution in [2.75, 3.05) is 0 Å². The summed E-state index contributed by atoms with van der Waals surface area (Å²) >= 11 is 0. The highest BCUT2D eigenvalue weighted by molar-refractivity contribution is 5.90. The van der Waals surface area contributed by atoms with E-state index in [1.807, 2.05) is 0 Å². The van der Waals surface area contributed by atoms with Crippen molar-refractivity contribution in [3.05, 3.63) is 36.0 Å². The van der Waals surface area contributed by atoms with Crippen LogP contribution in [0.1, 0.15) is 10.4 Å². The largest absolute Gasteiger partial charge is 0.573 e. The van der Waals surface area contributed by atoms with Crippen molar-refractivity contribution < 1.29 is 27.8 Å². The number of rotatable bonds is 3. The molecular formula is C12H9F3N2O3. The van der Waals surface area contributed by atoms with Gasteiger partial charge in [-0.15, -0.1) is 13.2 Å². The van der Waals surface area contributed by atoms with Gasteiger partial charge < -0.3 is 9.84 Å². The first-order valence-corrected chi connectivity index (χ1v) is 5.39. The van der Waals surface area contributed by atoms with E-state index in [2.05, 4.69) is 9.84 Å². The van der Waals surface area contributed by atoms with E-state index < -0.39 is 18.1 Å². The monoisotopic (exact) mass is 286 g/mol. The summed E-state index contributed by atoms with van der Waals surface area (Å²) in [7, 11) is 1.53. The molecule has 0 saturated carbocycles. The Morgan fingerprint density at radius 3 is 2.55 bits per heavy atom. The van der Waals surface area contributed by atoms with Crippen LogP contribution in [0.4, 0.5) is 13.2 Å². The number of alkyl halides is 3. The topological polar surface area (TPSA) is 64.4 Å². The lowest BCUT2D eigenvalue weighted by Crippen LogP contribution is -2.18. The number of aromatic nitrogens is 2. The quantitative estimate of drug-likeness (QED) is 0.942. The van der Waals surface area contributed by atoms with Crippen LogP contribution in [0.15, 0.2) is 30.5 Å². The fourth-order valence-electron chi connectivity index (χ4n) is 1.71. The first-order valence-electron chi connectivity index (χ1n) is 5.39. The minimum Gasteiger partial charge on any atom is -0.478 e. The number of hydrogen-bond donors (Lipinski definition) is 1. The molecule has 0 aliphatic rings. The third-order valence-corrected chi connectivity index (χ3v) is 2.55. The van der Waals surface area contributed by atoms with E-state index in [4.69, 9.17) is 5.11 Å². The summed E-state index contributed by atoms with van der Waals surface area (Å²) in [6.07, 6.45) is -3.47. The molecule has 0 spiro atoms. The Balaban J connectivity index is 2.57. The van der Waals surface area contributed by atoms with Crippen molar-refractivity contribution in [3.63, 3.8) is 0 Å². The lowest BCUT2D eigenvalue weighted by Gasteiger charge is -2.14. The maximum absolute atomic E-state index is 12.4. The normalized spacial score (nSPS) is 11.4. The van der Waals surface area contributed by atoms with Crippen LogP contribution in [0.2, 0.25) is 0 Å². The zero-order valence-electron chi connectivity index (χ0n) is 10.2. The molecule has 1 aromatic carbocycles. The molecule has 0 radical (unpaired) electrons. The van der Waals surface area contributed by atoms with Crippen molar-refractivity contribution in [1.82, 2.24) is 9.78 Å². The molecule has 1 heterocycles. The van der Waals surface area contributed by atoms with Crippen LogP contribution in [-0.4, -0.2) is 27.2 Å². The fraction of sp³-hybridized carbons (Fsp3) is 0.167. The van der Waals surface area contributed by atoms with E-state index in [1.165, 1.54) is 24.0 Å². The summed E-state index contributed by atoms with van der Waals surface area (Å²) < 4.78 is 42.3. The molecule has 0 aliphatic carbocycles. The van der Waals surface area contributed by atoms with Gasteiger partial charge in [0, 0.05) is 18.8 Å². The van der Waals surface area contributed by atoms with Gasteiger partial charge in [-0.2, -0.15) is 5.10 Å². The smallest absolute Gasteiger partial charge is 0.478 e. The minimum atomic E-state index is -4.86. The predicted octanol–water partition coefficient (Wildman–Crippen LogP) is 2.68. The molecule has 2 rings (SSSR count). The number of ether oxygens (including phenoxy) is 1. The first-order chi connectivity index (χ1) is 9.28. The van der Waals surface area contributed by atoms with Crippen LogP contribution in [-0.2, 0) is 7.05 Å². The highest BCUT2D eigenvalue weighted by atomic mass is 19.4. The van der Waals surface area contributed by atoms with Crippen molar-refractivity contribution in [3.8, 4) is 17.0 Å². The Morgan fingerprint density at radius 2 is 2.05 bits per heavy atom. The van der Waals surface area contributed by atoms with E-state index in [9.17, 15) is 18.0 Å². The van der Waals surface area contributed by atoms with E-state index in [1.54, 1.807) is 0 Å². The van der Waals surface area contributed by atoms with E-state index in [-0.39, 0.29) is 11.1 Å². The average molecular weight is 286 g/mol. The fourth-order valence-corrected chi connectivity index (χ4v) is 1.71. The van der Waals surface area contributed by atoms with E-state index >= 15 is 0 Å². The Morgan fingerprint density at radius 1 is 1.35 bits per heavy atom. The molecule has 0 saturated heterocycles. The van der Waals surface area contributed by atoms with E-state index in [0.717, 1.165) is 18.2 Å². The molecule has 1 aromatic heterocycles. The van der Waals surface area contributed by atoms with Gasteiger partial charge in [0.2, 0.25) is 0 Å². The molecule has 8 heteroatoms. The highest BCUT2D eigenvalue weighted by Crippen LogP contribution is 2.34. The summed E-state index contributed by atoms with van der Waals surface area (Å²) in [5, 5.41) is 12.8. The van der Waals surface area contributed by atoms with Crippen molar-refractivity contribution in [2.45, 2.75) is 6.36 Å². The maximum Gasteiger partial charge on any atom is 0.573 e. The van der Waals surface area contributed by atoms with Crippen LogP contribution in [0.5, 0.6) is 5.75 Å². The summed E-state index contributed by atoms with van der Waals surface area (Å²) in [6.45, 7) is 0. The Labute approximate surface area is 111 Å². The second-order valence-electron chi connectivity index (χ2n) is 3.90. The van der Waals surface area contributed by atoms with Gasteiger partial charge in [0.15, 0.2) is 0 Å². The number of carbonyl (C=O) groups is 1. The lowest BCUT2D eigenvalue weighted by molar-refractivity contribution is -0.274. The Bertz CT molecular complexity index is 650.